The normalized spacial score (nSPS) is 15.4. The molecule has 1 amide bonds. The summed E-state index contributed by atoms with van der Waals surface area (Å²) in [5.74, 6) is 0.0780. The summed E-state index contributed by atoms with van der Waals surface area (Å²) in [4.78, 5) is 27.3. The molecule has 0 aliphatic carbocycles. The van der Waals surface area contributed by atoms with Gasteiger partial charge in [0.1, 0.15) is 4.88 Å². The van der Waals surface area contributed by atoms with E-state index in [1.807, 2.05) is 24.0 Å². The van der Waals surface area contributed by atoms with Gasteiger partial charge in [0, 0.05) is 50.5 Å². The lowest BCUT2D eigenvalue weighted by molar-refractivity contribution is 0.0356. The zero-order valence-corrected chi connectivity index (χ0v) is 18.8. The molecule has 0 atom stereocenters. The van der Waals surface area contributed by atoms with Gasteiger partial charge in [0.05, 0.1) is 23.9 Å². The van der Waals surface area contributed by atoms with Crippen molar-refractivity contribution in [1.82, 2.24) is 19.8 Å². The van der Waals surface area contributed by atoms with E-state index in [2.05, 4.69) is 35.6 Å². The number of amides is 1. The van der Waals surface area contributed by atoms with Crippen LogP contribution < -0.4 is 0 Å². The van der Waals surface area contributed by atoms with Gasteiger partial charge in [0.15, 0.2) is 0 Å². The summed E-state index contributed by atoms with van der Waals surface area (Å²) in [6.07, 6.45) is 4.50. The number of pyridine rings is 1. The molecule has 1 aliphatic rings. The molecule has 1 aliphatic heterocycles. The summed E-state index contributed by atoms with van der Waals surface area (Å²) in [5, 5.41) is 1.01. The van der Waals surface area contributed by atoms with E-state index in [4.69, 9.17) is 4.74 Å². The highest BCUT2D eigenvalue weighted by Crippen LogP contribution is 2.30. The fourth-order valence-electron chi connectivity index (χ4n) is 3.33. The minimum absolute atomic E-state index is 0.0553. The Labute approximate surface area is 177 Å². The highest BCUT2D eigenvalue weighted by molar-refractivity contribution is 7.14. The molecule has 2 aromatic heterocycles. The minimum atomic E-state index is -0.0553. The Morgan fingerprint density at radius 3 is 2.55 bits per heavy atom. The Bertz CT molecular complexity index is 795. The van der Waals surface area contributed by atoms with Crippen molar-refractivity contribution in [2.75, 3.05) is 39.4 Å². The van der Waals surface area contributed by atoms with Crippen LogP contribution >= 0.6 is 11.3 Å². The summed E-state index contributed by atoms with van der Waals surface area (Å²) in [6.45, 7) is 14.2. The van der Waals surface area contributed by atoms with Crippen LogP contribution in [0.3, 0.4) is 0 Å². The number of hydrogen-bond donors (Lipinski definition) is 0. The van der Waals surface area contributed by atoms with Crippen molar-refractivity contribution in [2.24, 2.45) is 0 Å². The van der Waals surface area contributed by atoms with Gasteiger partial charge in [0.25, 0.3) is 5.91 Å². The van der Waals surface area contributed by atoms with E-state index < -0.39 is 0 Å². The van der Waals surface area contributed by atoms with Crippen LogP contribution in [0.25, 0.3) is 0 Å². The number of hydrogen-bond acceptors (Lipinski definition) is 6. The van der Waals surface area contributed by atoms with E-state index in [0.717, 1.165) is 67.0 Å². The predicted molar refractivity (Wildman–Crippen MR) is 116 cm³/mol. The summed E-state index contributed by atoms with van der Waals surface area (Å²) in [7, 11) is 0. The second-order valence-corrected chi connectivity index (χ2v) is 9.57. The first-order valence-electron chi connectivity index (χ1n) is 10.3. The molecule has 1 saturated heterocycles. The first-order chi connectivity index (χ1) is 13.8. The Balaban J connectivity index is 1.72. The predicted octanol–water partition coefficient (Wildman–Crippen LogP) is 3.51. The molecule has 0 spiro atoms. The van der Waals surface area contributed by atoms with Crippen LogP contribution in [0.2, 0.25) is 0 Å². The number of aryl methyl sites for hydroxylation is 1. The average molecular weight is 417 g/mol. The SMILES string of the molecule is Cc1nc(C(C)(C)C)sc1C(=O)N(CCCN1CCOCC1)Cc1ccncc1. The Morgan fingerprint density at radius 2 is 1.93 bits per heavy atom. The van der Waals surface area contributed by atoms with Gasteiger partial charge < -0.3 is 9.64 Å². The smallest absolute Gasteiger partial charge is 0.266 e. The first kappa shape index (κ1) is 21.9. The third-order valence-electron chi connectivity index (χ3n) is 5.05. The van der Waals surface area contributed by atoms with E-state index in [1.54, 1.807) is 12.4 Å². The Hall–Kier alpha value is -1.83. The maximum atomic E-state index is 13.4. The average Bonchev–Trinajstić information content (AvgIpc) is 3.10. The molecule has 2 aromatic rings. The molecule has 3 rings (SSSR count). The summed E-state index contributed by atoms with van der Waals surface area (Å²) in [5.41, 5.74) is 1.87. The fourth-order valence-corrected chi connectivity index (χ4v) is 4.42. The van der Waals surface area contributed by atoms with Gasteiger partial charge in [-0.25, -0.2) is 4.98 Å². The first-order valence-corrected chi connectivity index (χ1v) is 11.1. The number of thiazole rings is 1. The molecular weight excluding hydrogens is 384 g/mol. The van der Waals surface area contributed by atoms with Crippen molar-refractivity contribution < 1.29 is 9.53 Å². The molecule has 0 aromatic carbocycles. The summed E-state index contributed by atoms with van der Waals surface area (Å²) >= 11 is 1.53. The monoisotopic (exact) mass is 416 g/mol. The second kappa shape index (κ2) is 9.78. The van der Waals surface area contributed by atoms with Crippen LogP contribution in [-0.2, 0) is 16.7 Å². The van der Waals surface area contributed by atoms with Crippen LogP contribution in [0.5, 0.6) is 0 Å². The van der Waals surface area contributed by atoms with Crippen LogP contribution in [0, 0.1) is 6.92 Å². The van der Waals surface area contributed by atoms with Crippen molar-refractivity contribution in [1.29, 1.82) is 0 Å². The largest absolute Gasteiger partial charge is 0.379 e. The third kappa shape index (κ3) is 6.07. The molecular formula is C22H32N4O2S. The van der Waals surface area contributed by atoms with Crippen molar-refractivity contribution in [3.63, 3.8) is 0 Å². The van der Waals surface area contributed by atoms with E-state index in [-0.39, 0.29) is 11.3 Å². The zero-order chi connectivity index (χ0) is 20.9. The third-order valence-corrected chi connectivity index (χ3v) is 6.62. The van der Waals surface area contributed by atoms with Gasteiger partial charge in [-0.15, -0.1) is 11.3 Å². The number of morpholine rings is 1. The van der Waals surface area contributed by atoms with Crippen LogP contribution in [0.4, 0.5) is 0 Å². The van der Waals surface area contributed by atoms with Gasteiger partial charge in [-0.1, -0.05) is 20.8 Å². The molecule has 0 unspecified atom stereocenters. The fraction of sp³-hybridized carbons (Fsp3) is 0.591. The molecule has 0 radical (unpaired) electrons. The number of nitrogens with zero attached hydrogens (tertiary/aromatic N) is 4. The maximum absolute atomic E-state index is 13.4. The lowest BCUT2D eigenvalue weighted by Crippen LogP contribution is -2.39. The highest BCUT2D eigenvalue weighted by atomic mass is 32.1. The standard InChI is InChI=1S/C22H32N4O2S/c1-17-19(29-21(24-17)22(2,3)4)20(27)26(16-18-6-8-23-9-7-18)11-5-10-25-12-14-28-15-13-25/h6-9H,5,10-16H2,1-4H3. The Morgan fingerprint density at radius 1 is 1.24 bits per heavy atom. The van der Waals surface area contributed by atoms with Crippen molar-refractivity contribution in [2.45, 2.75) is 46.1 Å². The molecule has 0 bridgehead atoms. The van der Waals surface area contributed by atoms with Crippen molar-refractivity contribution in [3.05, 3.63) is 45.7 Å². The molecule has 158 valence electrons. The second-order valence-electron chi connectivity index (χ2n) is 8.57. The molecule has 1 fully saturated rings. The van der Waals surface area contributed by atoms with Crippen LogP contribution in [-0.4, -0.2) is 65.1 Å². The maximum Gasteiger partial charge on any atom is 0.266 e. The van der Waals surface area contributed by atoms with E-state index >= 15 is 0 Å². The van der Waals surface area contributed by atoms with Crippen molar-refractivity contribution >= 4 is 17.2 Å². The van der Waals surface area contributed by atoms with Gasteiger partial charge in [0.2, 0.25) is 0 Å². The molecule has 0 N–H and O–H groups in total. The van der Waals surface area contributed by atoms with Gasteiger partial charge in [-0.05, 0) is 31.0 Å². The highest BCUT2D eigenvalue weighted by Gasteiger charge is 2.26. The molecule has 3 heterocycles. The molecule has 0 saturated carbocycles. The van der Waals surface area contributed by atoms with E-state index in [1.165, 1.54) is 11.3 Å². The molecule has 29 heavy (non-hydrogen) atoms. The number of carbonyl (C=O) groups is 1. The topological polar surface area (TPSA) is 58.6 Å². The Kier molecular flexibility index (Phi) is 7.38. The van der Waals surface area contributed by atoms with Gasteiger partial charge >= 0.3 is 0 Å². The lowest BCUT2D eigenvalue weighted by Gasteiger charge is -2.28. The van der Waals surface area contributed by atoms with Crippen LogP contribution in [0.15, 0.2) is 24.5 Å². The molecule has 6 nitrogen and oxygen atoms in total. The number of aromatic nitrogens is 2. The summed E-state index contributed by atoms with van der Waals surface area (Å²) < 4.78 is 5.43. The van der Waals surface area contributed by atoms with E-state index in [9.17, 15) is 4.79 Å². The lowest BCUT2D eigenvalue weighted by atomic mass is 9.98. The summed E-state index contributed by atoms with van der Waals surface area (Å²) in [6, 6.07) is 3.95. The van der Waals surface area contributed by atoms with Crippen LogP contribution in [0.1, 0.15) is 53.1 Å². The molecule has 7 heteroatoms. The number of ether oxygens (including phenoxy) is 1. The van der Waals surface area contributed by atoms with Crippen molar-refractivity contribution in [3.8, 4) is 0 Å². The van der Waals surface area contributed by atoms with Gasteiger partial charge in [-0.3, -0.25) is 14.7 Å². The number of carbonyl (C=O) groups excluding carboxylic acids is 1. The zero-order valence-electron chi connectivity index (χ0n) is 18.0. The van der Waals surface area contributed by atoms with Gasteiger partial charge in [-0.2, -0.15) is 0 Å². The minimum Gasteiger partial charge on any atom is -0.379 e. The quantitative estimate of drug-likeness (QED) is 0.691. The number of rotatable bonds is 7. The van der Waals surface area contributed by atoms with E-state index in [0.29, 0.717) is 6.54 Å².